The number of ether oxygens (including phenoxy) is 1. The highest BCUT2D eigenvalue weighted by atomic mass is 19.1. The van der Waals surface area contributed by atoms with Gasteiger partial charge in [-0.15, -0.1) is 0 Å². The Balaban J connectivity index is 1.55. The lowest BCUT2D eigenvalue weighted by atomic mass is 10.1. The molecule has 6 nitrogen and oxygen atoms in total. The van der Waals surface area contributed by atoms with Crippen LogP contribution in [0.5, 0.6) is 5.75 Å². The molecule has 1 heterocycles. The third-order valence-electron chi connectivity index (χ3n) is 5.60. The number of halogens is 1. The number of aryl methyl sites for hydroxylation is 1. The molecule has 1 aliphatic heterocycles. The first-order chi connectivity index (χ1) is 15.9. The van der Waals surface area contributed by atoms with Crippen molar-refractivity contribution in [1.82, 2.24) is 4.90 Å². The van der Waals surface area contributed by atoms with Crippen LogP contribution in [0.25, 0.3) is 0 Å². The van der Waals surface area contributed by atoms with Crippen molar-refractivity contribution in [2.45, 2.75) is 19.9 Å². The maximum Gasteiger partial charge on any atom is 0.324 e. The second-order valence-corrected chi connectivity index (χ2v) is 8.05. The summed E-state index contributed by atoms with van der Waals surface area (Å²) in [7, 11) is 1.55. The molecule has 0 aliphatic carbocycles. The molecule has 0 atom stereocenters. The van der Waals surface area contributed by atoms with Crippen molar-refractivity contribution in [3.63, 3.8) is 0 Å². The zero-order chi connectivity index (χ0) is 23.4. The summed E-state index contributed by atoms with van der Waals surface area (Å²) in [6.45, 7) is 3.78. The molecule has 3 amide bonds. The predicted octanol–water partition coefficient (Wildman–Crippen LogP) is 5.23. The van der Waals surface area contributed by atoms with Crippen LogP contribution in [-0.4, -0.2) is 37.0 Å². The smallest absolute Gasteiger partial charge is 0.324 e. The minimum atomic E-state index is -0.405. The lowest BCUT2D eigenvalue weighted by molar-refractivity contribution is 0.102. The van der Waals surface area contributed by atoms with Gasteiger partial charge in [0.1, 0.15) is 11.6 Å². The topological polar surface area (TPSA) is 61.9 Å². The number of nitrogens with one attached hydrogen (secondary N) is 1. The number of urea groups is 1. The summed E-state index contributed by atoms with van der Waals surface area (Å²) in [5.74, 6) is -0.227. The van der Waals surface area contributed by atoms with E-state index in [0.717, 1.165) is 17.5 Å². The van der Waals surface area contributed by atoms with Crippen molar-refractivity contribution in [3.8, 4) is 5.75 Å². The Bertz CT molecular complexity index is 1160. The van der Waals surface area contributed by atoms with Crippen molar-refractivity contribution in [3.05, 3.63) is 89.2 Å². The fourth-order valence-electron chi connectivity index (χ4n) is 3.97. The molecular weight excluding hydrogens is 421 g/mol. The van der Waals surface area contributed by atoms with Crippen molar-refractivity contribution in [1.29, 1.82) is 0 Å². The fourth-order valence-corrected chi connectivity index (χ4v) is 3.97. The summed E-state index contributed by atoms with van der Waals surface area (Å²) < 4.78 is 18.7. The van der Waals surface area contributed by atoms with Crippen LogP contribution >= 0.6 is 0 Å². The van der Waals surface area contributed by atoms with E-state index >= 15 is 0 Å². The Morgan fingerprint density at radius 3 is 2.58 bits per heavy atom. The Kier molecular flexibility index (Phi) is 6.58. The summed E-state index contributed by atoms with van der Waals surface area (Å²) in [5, 5.41) is 2.81. The maximum atomic E-state index is 13.3. The van der Waals surface area contributed by atoms with E-state index in [-0.39, 0.29) is 11.9 Å². The van der Waals surface area contributed by atoms with Crippen LogP contribution in [0, 0.1) is 12.7 Å². The van der Waals surface area contributed by atoms with Gasteiger partial charge < -0.3 is 15.0 Å². The van der Waals surface area contributed by atoms with Gasteiger partial charge in [0, 0.05) is 30.9 Å². The van der Waals surface area contributed by atoms with Gasteiger partial charge in [-0.25, -0.2) is 9.18 Å². The Hall–Kier alpha value is -3.87. The molecule has 1 saturated heterocycles. The highest BCUT2D eigenvalue weighted by molar-refractivity contribution is 6.05. The van der Waals surface area contributed by atoms with Crippen LogP contribution < -0.4 is 15.0 Å². The zero-order valence-electron chi connectivity index (χ0n) is 18.7. The number of rotatable bonds is 6. The zero-order valence-corrected chi connectivity index (χ0v) is 18.7. The number of hydrogen-bond donors (Lipinski definition) is 1. The molecule has 33 heavy (non-hydrogen) atoms. The maximum absolute atomic E-state index is 13.3. The Labute approximate surface area is 192 Å². The summed E-state index contributed by atoms with van der Waals surface area (Å²) in [6, 6.07) is 18.5. The van der Waals surface area contributed by atoms with Gasteiger partial charge in [0.2, 0.25) is 0 Å². The van der Waals surface area contributed by atoms with Crippen molar-refractivity contribution >= 4 is 23.3 Å². The number of carbonyl (C=O) groups excluding carboxylic acids is 2. The van der Waals surface area contributed by atoms with Crippen LogP contribution in [0.1, 0.15) is 27.9 Å². The number of anilines is 2. The first-order valence-electron chi connectivity index (χ1n) is 10.8. The molecule has 1 fully saturated rings. The molecule has 170 valence electrons. The summed E-state index contributed by atoms with van der Waals surface area (Å²) in [6.07, 6.45) is 0.812. The number of carbonyl (C=O) groups is 2. The van der Waals surface area contributed by atoms with E-state index in [0.29, 0.717) is 42.3 Å². The van der Waals surface area contributed by atoms with Crippen LogP contribution in [0.4, 0.5) is 20.6 Å². The van der Waals surface area contributed by atoms with E-state index in [1.807, 2.05) is 30.0 Å². The van der Waals surface area contributed by atoms with Crippen LogP contribution in [-0.2, 0) is 6.54 Å². The number of benzene rings is 3. The number of amides is 3. The first kappa shape index (κ1) is 22.3. The van der Waals surface area contributed by atoms with Crippen LogP contribution in [0.2, 0.25) is 0 Å². The highest BCUT2D eigenvalue weighted by Crippen LogP contribution is 2.34. The minimum Gasteiger partial charge on any atom is -0.495 e. The van der Waals surface area contributed by atoms with Crippen molar-refractivity contribution in [2.75, 3.05) is 30.4 Å². The molecule has 1 N–H and O–H groups in total. The van der Waals surface area contributed by atoms with Crippen molar-refractivity contribution in [2.24, 2.45) is 0 Å². The number of methoxy groups -OCH3 is 1. The lowest BCUT2D eigenvalue weighted by Crippen LogP contribution is -2.49. The molecule has 0 bridgehead atoms. The van der Waals surface area contributed by atoms with Gasteiger partial charge in [0.05, 0.1) is 12.8 Å². The van der Waals surface area contributed by atoms with E-state index in [4.69, 9.17) is 4.74 Å². The SMILES string of the molecule is COc1ccc(NC(=O)c2ccc(F)cc2)cc1N1CCCN(Cc2cccc(C)c2)C1=O. The van der Waals surface area contributed by atoms with E-state index < -0.39 is 5.82 Å². The monoisotopic (exact) mass is 447 g/mol. The first-order valence-corrected chi connectivity index (χ1v) is 10.8. The van der Waals surface area contributed by atoms with Crippen LogP contribution in [0.15, 0.2) is 66.7 Å². The second kappa shape index (κ2) is 9.73. The minimum absolute atomic E-state index is 0.108. The number of nitrogens with zero attached hydrogens (tertiary/aromatic N) is 2. The summed E-state index contributed by atoms with van der Waals surface area (Å²) in [4.78, 5) is 29.4. The van der Waals surface area contributed by atoms with Gasteiger partial charge in [-0.1, -0.05) is 29.8 Å². The van der Waals surface area contributed by atoms with Gasteiger partial charge in [-0.3, -0.25) is 9.69 Å². The standard InChI is InChI=1S/C26H26FN3O3/c1-18-5-3-6-19(15-18)17-29-13-4-14-30(26(29)32)23-16-22(11-12-24(23)33-2)28-25(31)20-7-9-21(27)10-8-20/h3,5-12,15-16H,4,13-14,17H2,1-2H3,(H,28,31). The van der Waals surface area contributed by atoms with Crippen molar-refractivity contribution < 1.29 is 18.7 Å². The van der Waals surface area contributed by atoms with Gasteiger partial charge in [-0.2, -0.15) is 0 Å². The van der Waals surface area contributed by atoms with Gasteiger partial charge in [-0.05, 0) is 61.4 Å². The lowest BCUT2D eigenvalue weighted by Gasteiger charge is -2.36. The highest BCUT2D eigenvalue weighted by Gasteiger charge is 2.29. The van der Waals surface area contributed by atoms with E-state index in [1.54, 1.807) is 30.2 Å². The average Bonchev–Trinajstić information content (AvgIpc) is 2.81. The quantitative estimate of drug-likeness (QED) is 0.563. The van der Waals surface area contributed by atoms with Crippen LogP contribution in [0.3, 0.4) is 0 Å². The summed E-state index contributed by atoms with van der Waals surface area (Å²) >= 11 is 0. The molecule has 0 radical (unpaired) electrons. The molecule has 7 heteroatoms. The second-order valence-electron chi connectivity index (χ2n) is 8.05. The van der Waals surface area contributed by atoms with E-state index in [2.05, 4.69) is 11.4 Å². The van der Waals surface area contributed by atoms with E-state index in [9.17, 15) is 14.0 Å². The fraction of sp³-hybridized carbons (Fsp3) is 0.231. The molecule has 3 aromatic carbocycles. The molecule has 0 spiro atoms. The molecule has 0 aromatic heterocycles. The third kappa shape index (κ3) is 5.14. The normalized spacial score (nSPS) is 13.7. The van der Waals surface area contributed by atoms with Gasteiger partial charge >= 0.3 is 6.03 Å². The van der Waals surface area contributed by atoms with Gasteiger partial charge in [0.15, 0.2) is 0 Å². The number of hydrogen-bond acceptors (Lipinski definition) is 3. The van der Waals surface area contributed by atoms with Gasteiger partial charge in [0.25, 0.3) is 5.91 Å². The largest absolute Gasteiger partial charge is 0.495 e. The predicted molar refractivity (Wildman–Crippen MR) is 126 cm³/mol. The summed E-state index contributed by atoms with van der Waals surface area (Å²) in [5.41, 5.74) is 3.68. The molecule has 3 aromatic rings. The molecule has 0 saturated carbocycles. The molecule has 1 aliphatic rings. The molecule has 4 rings (SSSR count). The molecule has 0 unspecified atom stereocenters. The van der Waals surface area contributed by atoms with E-state index in [1.165, 1.54) is 24.3 Å². The average molecular weight is 448 g/mol. The third-order valence-corrected chi connectivity index (χ3v) is 5.60. The Morgan fingerprint density at radius 2 is 1.85 bits per heavy atom. The molecular formula is C26H26FN3O3. The Morgan fingerprint density at radius 1 is 1.06 bits per heavy atom.